The van der Waals surface area contributed by atoms with E-state index in [0.29, 0.717) is 6.17 Å². The van der Waals surface area contributed by atoms with Crippen molar-refractivity contribution < 1.29 is 0 Å². The summed E-state index contributed by atoms with van der Waals surface area (Å²) in [5, 5.41) is 0. The molecule has 11 heavy (non-hydrogen) atoms. The third-order valence-electron chi connectivity index (χ3n) is 2.10. The van der Waals surface area contributed by atoms with Crippen molar-refractivity contribution >= 4 is 0 Å². The SMILES string of the molecule is CCN(CCN)C(C)N(C)C. The van der Waals surface area contributed by atoms with Crippen molar-refractivity contribution in [2.45, 2.75) is 20.0 Å². The van der Waals surface area contributed by atoms with E-state index in [1.165, 1.54) is 0 Å². The molecule has 0 aromatic rings. The molecule has 0 aromatic carbocycles. The zero-order valence-electron chi connectivity index (χ0n) is 8.17. The van der Waals surface area contributed by atoms with Gasteiger partial charge in [-0.1, -0.05) is 6.92 Å². The molecule has 0 bridgehead atoms. The normalized spacial score (nSPS) is 14.5. The topological polar surface area (TPSA) is 32.5 Å². The van der Waals surface area contributed by atoms with Crippen LogP contribution in [0.1, 0.15) is 13.8 Å². The lowest BCUT2D eigenvalue weighted by atomic mass is 10.4. The van der Waals surface area contributed by atoms with Crippen LogP contribution in [-0.4, -0.2) is 49.7 Å². The summed E-state index contributed by atoms with van der Waals surface area (Å²) in [5.41, 5.74) is 5.48. The number of rotatable bonds is 5. The molecule has 0 radical (unpaired) electrons. The number of hydrogen-bond acceptors (Lipinski definition) is 3. The molecule has 0 heterocycles. The van der Waals surface area contributed by atoms with Gasteiger partial charge in [-0.15, -0.1) is 0 Å². The van der Waals surface area contributed by atoms with Crippen LogP contribution in [0.5, 0.6) is 0 Å². The Balaban J connectivity index is 3.81. The molecule has 3 heteroatoms. The van der Waals surface area contributed by atoms with E-state index in [2.05, 4.69) is 37.7 Å². The van der Waals surface area contributed by atoms with E-state index in [1.807, 2.05) is 0 Å². The molecule has 0 aliphatic carbocycles. The van der Waals surface area contributed by atoms with Gasteiger partial charge in [0.25, 0.3) is 0 Å². The van der Waals surface area contributed by atoms with Crippen molar-refractivity contribution in [2.24, 2.45) is 5.73 Å². The summed E-state index contributed by atoms with van der Waals surface area (Å²) in [6.07, 6.45) is 0.489. The maximum absolute atomic E-state index is 5.48. The number of nitrogens with zero attached hydrogens (tertiary/aromatic N) is 2. The third kappa shape index (κ3) is 3.70. The summed E-state index contributed by atoms with van der Waals surface area (Å²) in [6, 6.07) is 0. The zero-order chi connectivity index (χ0) is 8.85. The number of nitrogens with two attached hydrogens (primary N) is 1. The first kappa shape index (κ1) is 10.9. The van der Waals surface area contributed by atoms with Gasteiger partial charge in [-0.3, -0.25) is 9.80 Å². The average Bonchev–Trinajstić information content (AvgIpc) is 1.98. The molecule has 0 spiro atoms. The Labute approximate surface area is 70.2 Å². The van der Waals surface area contributed by atoms with Crippen LogP contribution in [-0.2, 0) is 0 Å². The number of likely N-dealkylation sites (N-methyl/N-ethyl adjacent to an activating group) is 1. The van der Waals surface area contributed by atoms with E-state index in [0.717, 1.165) is 19.6 Å². The van der Waals surface area contributed by atoms with Crippen LogP contribution in [0, 0.1) is 0 Å². The average molecular weight is 159 g/mol. The van der Waals surface area contributed by atoms with Gasteiger partial charge in [-0.2, -0.15) is 0 Å². The summed E-state index contributed by atoms with van der Waals surface area (Å²) in [6.45, 7) is 7.15. The maximum atomic E-state index is 5.48. The highest BCUT2D eigenvalue weighted by Gasteiger charge is 2.11. The zero-order valence-corrected chi connectivity index (χ0v) is 8.17. The van der Waals surface area contributed by atoms with Crippen LogP contribution in [0.2, 0.25) is 0 Å². The van der Waals surface area contributed by atoms with Gasteiger partial charge >= 0.3 is 0 Å². The highest BCUT2D eigenvalue weighted by atomic mass is 15.3. The first-order valence-corrected chi connectivity index (χ1v) is 4.24. The Morgan fingerprint density at radius 1 is 1.36 bits per heavy atom. The fraction of sp³-hybridized carbons (Fsp3) is 1.00. The summed E-state index contributed by atoms with van der Waals surface area (Å²) in [4.78, 5) is 4.54. The largest absolute Gasteiger partial charge is 0.329 e. The van der Waals surface area contributed by atoms with Crippen molar-refractivity contribution in [1.82, 2.24) is 9.80 Å². The summed E-state index contributed by atoms with van der Waals surface area (Å²) >= 11 is 0. The molecule has 0 amide bonds. The molecular weight excluding hydrogens is 138 g/mol. The molecule has 2 N–H and O–H groups in total. The fourth-order valence-corrected chi connectivity index (χ4v) is 1.10. The minimum Gasteiger partial charge on any atom is -0.329 e. The van der Waals surface area contributed by atoms with Crippen LogP contribution in [0.15, 0.2) is 0 Å². The van der Waals surface area contributed by atoms with Crippen LogP contribution < -0.4 is 5.73 Å². The van der Waals surface area contributed by atoms with Crippen LogP contribution in [0.4, 0.5) is 0 Å². The third-order valence-corrected chi connectivity index (χ3v) is 2.10. The minimum absolute atomic E-state index is 0.489. The van der Waals surface area contributed by atoms with E-state index >= 15 is 0 Å². The van der Waals surface area contributed by atoms with Crippen LogP contribution in [0.3, 0.4) is 0 Å². The second-order valence-electron chi connectivity index (χ2n) is 3.01. The Bertz CT molecular complexity index is 93.3. The van der Waals surface area contributed by atoms with Gasteiger partial charge in [0.15, 0.2) is 0 Å². The van der Waals surface area contributed by atoms with Crippen molar-refractivity contribution in [1.29, 1.82) is 0 Å². The lowest BCUT2D eigenvalue weighted by Gasteiger charge is -2.32. The van der Waals surface area contributed by atoms with Crippen molar-refractivity contribution in [2.75, 3.05) is 33.7 Å². The first-order chi connectivity index (χ1) is 5.13. The molecule has 0 fully saturated rings. The fourth-order valence-electron chi connectivity index (χ4n) is 1.10. The van der Waals surface area contributed by atoms with Crippen LogP contribution >= 0.6 is 0 Å². The quantitative estimate of drug-likeness (QED) is 0.581. The Morgan fingerprint density at radius 3 is 2.18 bits per heavy atom. The van der Waals surface area contributed by atoms with Gasteiger partial charge < -0.3 is 5.73 Å². The monoisotopic (exact) mass is 159 g/mol. The molecule has 0 aliphatic heterocycles. The van der Waals surface area contributed by atoms with Gasteiger partial charge in [-0.05, 0) is 27.6 Å². The van der Waals surface area contributed by atoms with E-state index in [4.69, 9.17) is 5.73 Å². The van der Waals surface area contributed by atoms with Crippen molar-refractivity contribution in [3.63, 3.8) is 0 Å². The molecule has 0 aliphatic rings. The second-order valence-corrected chi connectivity index (χ2v) is 3.01. The van der Waals surface area contributed by atoms with Gasteiger partial charge in [0.1, 0.15) is 0 Å². The van der Waals surface area contributed by atoms with Gasteiger partial charge in [0, 0.05) is 13.1 Å². The Morgan fingerprint density at radius 2 is 1.91 bits per heavy atom. The molecule has 0 aromatic heterocycles. The van der Waals surface area contributed by atoms with E-state index in [-0.39, 0.29) is 0 Å². The Kier molecular flexibility index (Phi) is 5.46. The van der Waals surface area contributed by atoms with Crippen molar-refractivity contribution in [3.05, 3.63) is 0 Å². The highest BCUT2D eigenvalue weighted by molar-refractivity contribution is 4.62. The summed E-state index contributed by atoms with van der Waals surface area (Å²) < 4.78 is 0. The lowest BCUT2D eigenvalue weighted by molar-refractivity contribution is 0.102. The van der Waals surface area contributed by atoms with E-state index in [9.17, 15) is 0 Å². The first-order valence-electron chi connectivity index (χ1n) is 4.24. The van der Waals surface area contributed by atoms with E-state index in [1.54, 1.807) is 0 Å². The van der Waals surface area contributed by atoms with Gasteiger partial charge in [-0.25, -0.2) is 0 Å². The molecule has 0 saturated carbocycles. The highest BCUT2D eigenvalue weighted by Crippen LogP contribution is 1.99. The molecule has 1 unspecified atom stereocenters. The molecule has 0 rings (SSSR count). The van der Waals surface area contributed by atoms with Crippen molar-refractivity contribution in [3.8, 4) is 0 Å². The maximum Gasteiger partial charge on any atom is 0.0588 e. The van der Waals surface area contributed by atoms with Gasteiger partial charge in [0.05, 0.1) is 6.17 Å². The molecular formula is C8H21N3. The summed E-state index contributed by atoms with van der Waals surface area (Å²) in [7, 11) is 4.17. The molecule has 0 saturated heterocycles. The summed E-state index contributed by atoms with van der Waals surface area (Å²) in [5.74, 6) is 0. The number of hydrogen-bond donors (Lipinski definition) is 1. The Hall–Kier alpha value is -0.120. The van der Waals surface area contributed by atoms with Crippen LogP contribution in [0.25, 0.3) is 0 Å². The van der Waals surface area contributed by atoms with Gasteiger partial charge in [0.2, 0.25) is 0 Å². The predicted octanol–water partition coefficient (Wildman–Crippen LogP) is 0.175. The minimum atomic E-state index is 0.489. The molecule has 68 valence electrons. The van der Waals surface area contributed by atoms with E-state index < -0.39 is 0 Å². The lowest BCUT2D eigenvalue weighted by Crippen LogP contribution is -2.44. The second kappa shape index (κ2) is 5.52. The smallest absolute Gasteiger partial charge is 0.0588 e. The molecule has 3 nitrogen and oxygen atoms in total. The standard InChI is InChI=1S/C8H21N3/c1-5-11(7-6-9)8(2)10(3)4/h8H,5-7,9H2,1-4H3. The molecule has 1 atom stereocenters. The predicted molar refractivity (Wildman–Crippen MR) is 49.5 cm³/mol.